The molecule has 2 rings (SSSR count). The number of pyridine rings is 1. The lowest BCUT2D eigenvalue weighted by Crippen LogP contribution is -2.24. The quantitative estimate of drug-likeness (QED) is 0.853. The first-order valence-electron chi connectivity index (χ1n) is 6.45. The van der Waals surface area contributed by atoms with Crippen LogP contribution in [-0.4, -0.2) is 33.0 Å². The van der Waals surface area contributed by atoms with Gasteiger partial charge in [-0.3, -0.25) is 14.5 Å². The van der Waals surface area contributed by atoms with Crippen LogP contribution in [0, 0.1) is 11.7 Å². The van der Waals surface area contributed by atoms with Crippen LogP contribution >= 0.6 is 12.2 Å². The van der Waals surface area contributed by atoms with E-state index in [-0.39, 0.29) is 5.56 Å². The van der Waals surface area contributed by atoms with Crippen LogP contribution in [0.1, 0.15) is 12.6 Å². The number of aromatic nitrogens is 4. The summed E-state index contributed by atoms with van der Waals surface area (Å²) >= 11 is 5.20. The minimum atomic E-state index is -0.0554. The van der Waals surface area contributed by atoms with E-state index in [2.05, 4.69) is 10.2 Å². The Morgan fingerprint density at radius 1 is 1.40 bits per heavy atom. The van der Waals surface area contributed by atoms with Gasteiger partial charge in [0.2, 0.25) is 0 Å². The number of aryl methyl sites for hydroxylation is 1. The molecule has 0 fully saturated rings. The number of nitrogens with one attached hydrogen (secondary N) is 1. The Morgan fingerprint density at radius 2 is 2.15 bits per heavy atom. The molecule has 2 aromatic heterocycles. The molecule has 0 aliphatic carbocycles. The molecule has 0 aliphatic heterocycles. The number of ether oxygens (including phenoxy) is 1. The van der Waals surface area contributed by atoms with Gasteiger partial charge < -0.3 is 9.30 Å². The number of hydrogen-bond acceptors (Lipinski definition) is 4. The Hall–Kier alpha value is -1.73. The van der Waals surface area contributed by atoms with E-state index in [9.17, 15) is 4.79 Å². The van der Waals surface area contributed by atoms with Gasteiger partial charge in [0.15, 0.2) is 10.6 Å². The number of methoxy groups -OCH3 is 1. The third kappa shape index (κ3) is 2.59. The maximum absolute atomic E-state index is 12.5. The van der Waals surface area contributed by atoms with Crippen molar-refractivity contribution in [1.29, 1.82) is 0 Å². The highest BCUT2D eigenvalue weighted by atomic mass is 32.1. The van der Waals surface area contributed by atoms with E-state index in [1.54, 1.807) is 22.3 Å². The summed E-state index contributed by atoms with van der Waals surface area (Å²) in [6.07, 6.45) is 0. The van der Waals surface area contributed by atoms with E-state index in [1.165, 1.54) is 0 Å². The van der Waals surface area contributed by atoms with Gasteiger partial charge in [0.1, 0.15) is 0 Å². The zero-order chi connectivity index (χ0) is 14.7. The number of H-pyrrole nitrogens is 1. The molecule has 0 amide bonds. The topological polar surface area (TPSA) is 64.8 Å². The van der Waals surface area contributed by atoms with Crippen molar-refractivity contribution < 1.29 is 4.74 Å². The molecule has 20 heavy (non-hydrogen) atoms. The Labute approximate surface area is 122 Å². The van der Waals surface area contributed by atoms with Crippen molar-refractivity contribution in [3.05, 3.63) is 33.0 Å². The smallest absolute Gasteiger partial charge is 0.261 e. The van der Waals surface area contributed by atoms with Gasteiger partial charge >= 0.3 is 0 Å². The van der Waals surface area contributed by atoms with E-state index >= 15 is 0 Å². The summed E-state index contributed by atoms with van der Waals surface area (Å²) in [5.41, 5.74) is 1.42. The summed E-state index contributed by atoms with van der Waals surface area (Å²) in [6, 6.07) is 3.71. The van der Waals surface area contributed by atoms with Crippen LogP contribution in [-0.2, 0) is 17.8 Å². The molecule has 0 atom stereocenters. The molecule has 7 heteroatoms. The molecule has 0 radical (unpaired) electrons. The highest BCUT2D eigenvalue weighted by Gasteiger charge is 2.14. The largest absolute Gasteiger partial charge is 0.383 e. The van der Waals surface area contributed by atoms with Crippen molar-refractivity contribution in [1.82, 2.24) is 19.3 Å². The lowest BCUT2D eigenvalue weighted by atomic mass is 10.2. The Morgan fingerprint density at radius 3 is 2.80 bits per heavy atom. The first-order valence-corrected chi connectivity index (χ1v) is 6.86. The van der Waals surface area contributed by atoms with Crippen LogP contribution in [0.2, 0.25) is 0 Å². The second-order valence-electron chi connectivity index (χ2n) is 4.43. The third-order valence-corrected chi connectivity index (χ3v) is 3.54. The minimum Gasteiger partial charge on any atom is -0.383 e. The molecule has 0 aliphatic rings. The lowest BCUT2D eigenvalue weighted by molar-refractivity contribution is 0.187. The van der Waals surface area contributed by atoms with Crippen molar-refractivity contribution in [3.8, 4) is 11.4 Å². The van der Waals surface area contributed by atoms with Gasteiger partial charge in [0.05, 0.1) is 18.7 Å². The van der Waals surface area contributed by atoms with Gasteiger partial charge in [0.25, 0.3) is 5.56 Å². The first kappa shape index (κ1) is 14.7. The van der Waals surface area contributed by atoms with Gasteiger partial charge in [-0.15, -0.1) is 0 Å². The molecule has 0 saturated heterocycles. The maximum atomic E-state index is 12.5. The fraction of sp³-hybridized carbons (Fsp3) is 0.462. The second-order valence-corrected chi connectivity index (χ2v) is 4.82. The van der Waals surface area contributed by atoms with Crippen LogP contribution in [0.5, 0.6) is 0 Å². The van der Waals surface area contributed by atoms with Crippen molar-refractivity contribution >= 4 is 12.2 Å². The molecule has 0 aromatic carbocycles. The van der Waals surface area contributed by atoms with Crippen LogP contribution in [0.15, 0.2) is 16.9 Å². The number of nitrogens with zero attached hydrogens (tertiary/aromatic N) is 3. The zero-order valence-corrected chi connectivity index (χ0v) is 12.7. The molecule has 0 bridgehead atoms. The standard InChI is InChI=1S/C13H18N4O2S/c1-4-16-9(2)5-6-10(12(16)18)11-14-15-13(20)17(11)7-8-19-3/h5-6H,4,7-8H2,1-3H3,(H,15,20). The predicted octanol–water partition coefficient (Wildman–Crippen LogP) is 1.74. The summed E-state index contributed by atoms with van der Waals surface area (Å²) in [7, 11) is 1.62. The normalized spacial score (nSPS) is 10.9. The molecule has 0 unspecified atom stereocenters. The van der Waals surface area contributed by atoms with Crippen molar-refractivity contribution in [2.24, 2.45) is 0 Å². The molecule has 1 N–H and O–H groups in total. The van der Waals surface area contributed by atoms with E-state index < -0.39 is 0 Å². The zero-order valence-electron chi connectivity index (χ0n) is 11.8. The molecule has 2 aromatic rings. The summed E-state index contributed by atoms with van der Waals surface area (Å²) in [6.45, 7) is 5.55. The van der Waals surface area contributed by atoms with E-state index in [1.807, 2.05) is 19.9 Å². The molecule has 108 valence electrons. The highest BCUT2D eigenvalue weighted by Crippen LogP contribution is 2.14. The van der Waals surface area contributed by atoms with Crippen molar-refractivity contribution in [2.45, 2.75) is 26.9 Å². The summed E-state index contributed by atoms with van der Waals surface area (Å²) in [5, 5.41) is 6.92. The third-order valence-electron chi connectivity index (χ3n) is 3.23. The highest BCUT2D eigenvalue weighted by molar-refractivity contribution is 7.71. The summed E-state index contributed by atoms with van der Waals surface area (Å²) < 4.78 is 9.05. The summed E-state index contributed by atoms with van der Waals surface area (Å²) in [4.78, 5) is 12.5. The molecule has 0 saturated carbocycles. The Bertz CT molecular complexity index is 714. The number of rotatable bonds is 5. The number of hydrogen-bond donors (Lipinski definition) is 1. The molecule has 0 spiro atoms. The maximum Gasteiger partial charge on any atom is 0.261 e. The fourth-order valence-corrected chi connectivity index (χ4v) is 2.37. The van der Waals surface area contributed by atoms with Gasteiger partial charge in [-0.25, -0.2) is 0 Å². The first-order chi connectivity index (χ1) is 9.60. The SMILES string of the molecule is CCn1c(C)ccc(-c2n[nH]c(=S)n2CCOC)c1=O. The van der Waals surface area contributed by atoms with Gasteiger partial charge in [-0.05, 0) is 38.2 Å². The average molecular weight is 294 g/mol. The van der Waals surface area contributed by atoms with Gasteiger partial charge in [-0.2, -0.15) is 5.10 Å². The van der Waals surface area contributed by atoms with Crippen LogP contribution < -0.4 is 5.56 Å². The molecular formula is C13H18N4O2S. The fourth-order valence-electron chi connectivity index (χ4n) is 2.15. The average Bonchev–Trinajstić information content (AvgIpc) is 2.78. The van der Waals surface area contributed by atoms with Crippen LogP contribution in [0.25, 0.3) is 11.4 Å². The minimum absolute atomic E-state index is 0.0554. The van der Waals surface area contributed by atoms with Gasteiger partial charge in [-0.1, -0.05) is 0 Å². The van der Waals surface area contributed by atoms with E-state index in [4.69, 9.17) is 17.0 Å². The van der Waals surface area contributed by atoms with E-state index in [0.717, 1.165) is 5.69 Å². The Balaban J connectivity index is 2.58. The van der Waals surface area contributed by atoms with E-state index in [0.29, 0.717) is 35.9 Å². The predicted molar refractivity (Wildman–Crippen MR) is 79.4 cm³/mol. The molecule has 2 heterocycles. The monoisotopic (exact) mass is 294 g/mol. The lowest BCUT2D eigenvalue weighted by Gasteiger charge is -2.10. The summed E-state index contributed by atoms with van der Waals surface area (Å²) in [5.74, 6) is 0.555. The molecular weight excluding hydrogens is 276 g/mol. The Kier molecular flexibility index (Phi) is 4.51. The second kappa shape index (κ2) is 6.15. The molecule has 6 nitrogen and oxygen atoms in total. The van der Waals surface area contributed by atoms with Crippen molar-refractivity contribution in [3.63, 3.8) is 0 Å². The van der Waals surface area contributed by atoms with Crippen molar-refractivity contribution in [2.75, 3.05) is 13.7 Å². The van der Waals surface area contributed by atoms with Gasteiger partial charge in [0, 0.05) is 19.3 Å². The van der Waals surface area contributed by atoms with Crippen LogP contribution in [0.4, 0.5) is 0 Å². The van der Waals surface area contributed by atoms with Crippen LogP contribution in [0.3, 0.4) is 0 Å². The number of aromatic amines is 1.